The summed E-state index contributed by atoms with van der Waals surface area (Å²) < 4.78 is 131. The summed E-state index contributed by atoms with van der Waals surface area (Å²) >= 11 is 5.98. The average molecular weight is 842 g/mol. The largest absolute Gasteiger partial charge is 0.744 e. The summed E-state index contributed by atoms with van der Waals surface area (Å²) in [6.07, 6.45) is 13.0. The van der Waals surface area contributed by atoms with Gasteiger partial charge in [-0.25, -0.2) is 17.2 Å². The average Bonchev–Trinajstić information content (AvgIpc) is 3.98. The first kappa shape index (κ1) is 36.0. The van der Waals surface area contributed by atoms with Gasteiger partial charge in [0, 0.05) is 31.5 Å². The second kappa shape index (κ2) is 12.4. The predicted molar refractivity (Wildman–Crippen MR) is 199 cm³/mol. The van der Waals surface area contributed by atoms with Gasteiger partial charge >= 0.3 is 10.1 Å². The van der Waals surface area contributed by atoms with Crippen LogP contribution in [0.1, 0.15) is 111 Å². The third kappa shape index (κ3) is 5.08. The lowest BCUT2D eigenvalue weighted by Crippen LogP contribution is -2.33. The fourth-order valence-electron chi connectivity index (χ4n) is 13.6. The molecular formula is C39H41F4O6S5-. The highest BCUT2D eigenvalue weighted by Gasteiger charge is 2.60. The maximum atomic E-state index is 15.5. The van der Waals surface area contributed by atoms with Crippen molar-refractivity contribution in [3.05, 3.63) is 52.1 Å². The van der Waals surface area contributed by atoms with Crippen LogP contribution in [0.5, 0.6) is 5.75 Å². The number of hydrogen-bond acceptors (Lipinski definition) is 9. The first-order valence-electron chi connectivity index (χ1n) is 19.7. The highest BCUT2D eigenvalue weighted by Crippen LogP contribution is 2.68. The number of fused-ring (bicyclic) bond motifs is 15. The molecule has 0 amide bonds. The van der Waals surface area contributed by atoms with Gasteiger partial charge in [-0.15, -0.1) is 0 Å². The second-order valence-electron chi connectivity index (χ2n) is 17.7. The Hall–Kier alpha value is -1.13. The molecule has 9 fully saturated rings. The molecule has 11 rings (SSSR count). The minimum atomic E-state index is -6.00. The fourth-order valence-corrected chi connectivity index (χ4v) is 22.4. The Bertz CT molecular complexity index is 2090. The molecule has 3 saturated carbocycles. The third-order valence-electron chi connectivity index (χ3n) is 15.5. The molecule has 9 aliphatic rings. The van der Waals surface area contributed by atoms with Crippen molar-refractivity contribution in [1.82, 2.24) is 0 Å². The Kier molecular flexibility index (Phi) is 8.29. The lowest BCUT2D eigenvalue weighted by molar-refractivity contribution is 0.292. The quantitative estimate of drug-likeness (QED) is 0.117. The van der Waals surface area contributed by atoms with Crippen LogP contribution in [0.3, 0.4) is 0 Å². The van der Waals surface area contributed by atoms with Gasteiger partial charge in [0.15, 0.2) is 11.6 Å². The van der Waals surface area contributed by atoms with Crippen LogP contribution >= 0.6 is 35.3 Å². The van der Waals surface area contributed by atoms with Crippen molar-refractivity contribution in [3.63, 3.8) is 0 Å². The molecule has 292 valence electrons. The van der Waals surface area contributed by atoms with E-state index in [4.69, 9.17) is 4.18 Å². The lowest BCUT2D eigenvalue weighted by atomic mass is 9.69. The molecule has 6 bridgehead atoms. The minimum Gasteiger partial charge on any atom is -0.744 e. The first-order chi connectivity index (χ1) is 25.8. The van der Waals surface area contributed by atoms with E-state index in [1.807, 2.05) is 23.5 Å². The van der Waals surface area contributed by atoms with E-state index in [-0.39, 0.29) is 33.1 Å². The lowest BCUT2D eigenvalue weighted by Gasteiger charge is -2.36. The van der Waals surface area contributed by atoms with Gasteiger partial charge in [0.1, 0.15) is 19.9 Å². The van der Waals surface area contributed by atoms with Crippen LogP contribution in [-0.2, 0) is 20.2 Å². The summed E-state index contributed by atoms with van der Waals surface area (Å²) in [5, 5.41) is 2.14. The maximum absolute atomic E-state index is 15.5. The minimum absolute atomic E-state index is 0.138. The number of halogens is 4. The number of rotatable bonds is 7. The van der Waals surface area contributed by atoms with Crippen LogP contribution in [0.2, 0.25) is 0 Å². The SMILES string of the molecule is O=S(=O)([O-])c1c(F)c(F)c(OS(=O)(=O)c2c(C3CC4SC3C3CCCC43)cc(C3CC4SC3C3CCCC43)cc2C2CC3SC2C2CCCC32)c(F)c1F. The van der Waals surface area contributed by atoms with Crippen LogP contribution in [0.4, 0.5) is 17.6 Å². The second-order valence-corrected chi connectivity index (χ2v) is 24.7. The zero-order chi connectivity index (χ0) is 37.2. The van der Waals surface area contributed by atoms with Crippen molar-refractivity contribution < 1.29 is 43.1 Å². The van der Waals surface area contributed by atoms with E-state index in [1.165, 1.54) is 19.3 Å². The number of benzene rings is 2. The molecule has 0 radical (unpaired) electrons. The van der Waals surface area contributed by atoms with Gasteiger partial charge in [0.25, 0.3) is 0 Å². The molecule has 3 aliphatic carbocycles. The van der Waals surface area contributed by atoms with Crippen molar-refractivity contribution in [2.45, 2.75) is 136 Å². The topological polar surface area (TPSA) is 101 Å². The van der Waals surface area contributed by atoms with E-state index in [2.05, 4.69) is 23.9 Å². The van der Waals surface area contributed by atoms with Gasteiger partial charge < -0.3 is 8.74 Å². The first-order valence-corrected chi connectivity index (χ1v) is 25.3. The summed E-state index contributed by atoms with van der Waals surface area (Å²) in [7, 11) is -11.2. The Balaban J connectivity index is 1.10. The fraction of sp³-hybridized carbons (Fsp3) is 0.692. The Morgan fingerprint density at radius 1 is 0.556 bits per heavy atom. The number of thioether (sulfide) groups is 3. The van der Waals surface area contributed by atoms with E-state index < -0.39 is 54.2 Å². The molecule has 6 nitrogen and oxygen atoms in total. The summed E-state index contributed by atoms with van der Waals surface area (Å²) in [5.74, 6) is -8.33. The van der Waals surface area contributed by atoms with E-state index >= 15 is 17.6 Å². The summed E-state index contributed by atoms with van der Waals surface area (Å²) in [6, 6.07) is 4.12. The van der Waals surface area contributed by atoms with Crippen LogP contribution in [0.25, 0.3) is 0 Å². The van der Waals surface area contributed by atoms with E-state index in [0.717, 1.165) is 69.3 Å². The monoisotopic (exact) mass is 841 g/mol. The molecule has 6 aliphatic heterocycles. The molecule has 54 heavy (non-hydrogen) atoms. The highest BCUT2D eigenvalue weighted by atomic mass is 32.2. The maximum Gasteiger partial charge on any atom is 0.339 e. The van der Waals surface area contributed by atoms with Gasteiger partial charge in [-0.2, -0.15) is 52.5 Å². The van der Waals surface area contributed by atoms with Crippen molar-refractivity contribution in [3.8, 4) is 5.75 Å². The molecule has 6 heterocycles. The van der Waals surface area contributed by atoms with Crippen LogP contribution in [0.15, 0.2) is 21.9 Å². The highest BCUT2D eigenvalue weighted by molar-refractivity contribution is 8.01. The van der Waals surface area contributed by atoms with Crippen LogP contribution in [-0.4, -0.2) is 52.9 Å². The van der Waals surface area contributed by atoms with E-state index in [9.17, 15) is 21.4 Å². The van der Waals surface area contributed by atoms with E-state index in [0.29, 0.717) is 61.7 Å². The molecule has 0 spiro atoms. The van der Waals surface area contributed by atoms with Crippen molar-refractivity contribution in [1.29, 1.82) is 0 Å². The smallest absolute Gasteiger partial charge is 0.339 e. The standard InChI is InChI=1S/C39H42F4O6S5/c40-30-32(42)39(53(44,45)46)33(43)31(41)34(30)49-54(47,48)38-25(23-13-28-17-5-2-8-20(17)36(23)51-28)10-15(22-12-27-16-4-1-7-19(16)35(22)50-27)11-26(38)24-14-29-18-6-3-9-21(18)37(24)52-29/h10-11,16-24,27-29,35-37H,1-9,12-14H2,(H,44,45,46)/p-1. The molecule has 15 heteroatoms. The Morgan fingerprint density at radius 3 is 1.37 bits per heavy atom. The predicted octanol–water partition coefficient (Wildman–Crippen LogP) is 9.08. The Morgan fingerprint density at radius 2 is 0.944 bits per heavy atom. The zero-order valence-corrected chi connectivity index (χ0v) is 33.4. The van der Waals surface area contributed by atoms with Gasteiger partial charge in [-0.05, 0) is 128 Å². The summed E-state index contributed by atoms with van der Waals surface area (Å²) in [6.45, 7) is 0. The van der Waals surface area contributed by atoms with Crippen molar-refractivity contribution in [2.75, 3.05) is 0 Å². The van der Waals surface area contributed by atoms with Gasteiger partial charge in [0.05, 0.1) is 0 Å². The molecule has 2 aromatic carbocycles. The van der Waals surface area contributed by atoms with Crippen LogP contribution < -0.4 is 4.18 Å². The molecule has 2 aromatic rings. The van der Waals surface area contributed by atoms with Crippen molar-refractivity contribution in [2.24, 2.45) is 35.5 Å². The molecule has 15 atom stereocenters. The van der Waals surface area contributed by atoms with Gasteiger partial charge in [0.2, 0.25) is 17.4 Å². The Labute approximate surface area is 326 Å². The zero-order valence-electron chi connectivity index (χ0n) is 29.3. The van der Waals surface area contributed by atoms with E-state index in [1.54, 1.807) is 0 Å². The van der Waals surface area contributed by atoms with Crippen molar-refractivity contribution >= 4 is 55.5 Å². The molecule has 0 N–H and O–H groups in total. The molecule has 15 unspecified atom stereocenters. The normalized spacial score (nSPS) is 42.6. The summed E-state index contributed by atoms with van der Waals surface area (Å²) in [4.78, 5) is -2.49. The van der Waals surface area contributed by atoms with Crippen LogP contribution in [0, 0.1) is 58.8 Å². The molecule has 0 aromatic heterocycles. The third-order valence-corrected chi connectivity index (χ3v) is 23.4. The van der Waals surface area contributed by atoms with Gasteiger partial charge in [-0.1, -0.05) is 31.4 Å². The molecule has 6 saturated heterocycles. The summed E-state index contributed by atoms with van der Waals surface area (Å²) in [5.41, 5.74) is 2.33. The van der Waals surface area contributed by atoms with Gasteiger partial charge in [-0.3, -0.25) is 0 Å². The molecular weight excluding hydrogens is 801 g/mol. The number of hydrogen-bond donors (Lipinski definition) is 0.